The lowest BCUT2D eigenvalue weighted by Gasteiger charge is -2.03. The first-order valence-corrected chi connectivity index (χ1v) is 6.84. The van der Waals surface area contributed by atoms with E-state index in [1.54, 1.807) is 22.2 Å². The summed E-state index contributed by atoms with van der Waals surface area (Å²) < 4.78 is 1.73. The Kier molecular flexibility index (Phi) is 2.31. The van der Waals surface area contributed by atoms with Gasteiger partial charge in [0.05, 0.1) is 0 Å². The second-order valence-corrected chi connectivity index (χ2v) is 5.41. The molecule has 4 aromatic rings. The van der Waals surface area contributed by atoms with Crippen LogP contribution >= 0.6 is 11.3 Å². The topological polar surface area (TPSA) is 43.1 Å². The van der Waals surface area contributed by atoms with Crippen LogP contribution in [0.4, 0.5) is 0 Å². The lowest BCUT2D eigenvalue weighted by molar-refractivity contribution is 0.911. The van der Waals surface area contributed by atoms with Gasteiger partial charge in [0, 0.05) is 6.42 Å². The molecule has 0 aliphatic rings. The first-order valence-electron chi connectivity index (χ1n) is 6.02. The lowest BCUT2D eigenvalue weighted by atomic mass is 10.0. The van der Waals surface area contributed by atoms with Crippen molar-refractivity contribution in [2.45, 2.75) is 6.42 Å². The largest absolute Gasteiger partial charge is 0.234 e. The average Bonchev–Trinajstić information content (AvgIpc) is 3.00. The minimum absolute atomic E-state index is 0.829. The molecule has 0 aliphatic carbocycles. The van der Waals surface area contributed by atoms with Crippen molar-refractivity contribution < 1.29 is 0 Å². The van der Waals surface area contributed by atoms with Crippen molar-refractivity contribution >= 4 is 27.1 Å². The van der Waals surface area contributed by atoms with Gasteiger partial charge >= 0.3 is 0 Å². The van der Waals surface area contributed by atoms with Gasteiger partial charge in [0.25, 0.3) is 0 Å². The fourth-order valence-electron chi connectivity index (χ4n) is 2.28. The molecule has 4 rings (SSSR count). The molecule has 0 fully saturated rings. The third-order valence-corrected chi connectivity index (χ3v) is 4.06. The number of aromatic nitrogens is 4. The Morgan fingerprint density at radius 1 is 1.05 bits per heavy atom. The first kappa shape index (κ1) is 10.6. The maximum atomic E-state index is 4.48. The van der Waals surface area contributed by atoms with E-state index in [-0.39, 0.29) is 0 Å². The van der Waals surface area contributed by atoms with Crippen LogP contribution in [0, 0.1) is 0 Å². The number of benzene rings is 2. The first-order chi connectivity index (χ1) is 9.40. The van der Waals surface area contributed by atoms with Gasteiger partial charge < -0.3 is 0 Å². The SMILES string of the molecule is c1ccc2c(Cc3nn4cnnc4s3)cccc2c1. The van der Waals surface area contributed by atoms with Crippen LogP contribution in [-0.2, 0) is 6.42 Å². The molecule has 5 heteroatoms. The van der Waals surface area contributed by atoms with Crippen molar-refractivity contribution in [1.29, 1.82) is 0 Å². The molecule has 0 aliphatic heterocycles. The number of fused-ring (bicyclic) bond motifs is 2. The molecular weight excluding hydrogens is 256 g/mol. The van der Waals surface area contributed by atoms with Gasteiger partial charge in [-0.05, 0) is 16.3 Å². The monoisotopic (exact) mass is 266 g/mol. The number of hydrogen-bond donors (Lipinski definition) is 0. The third kappa shape index (κ3) is 1.79. The summed E-state index contributed by atoms with van der Waals surface area (Å²) in [7, 11) is 0. The van der Waals surface area contributed by atoms with Crippen molar-refractivity contribution in [3.8, 4) is 0 Å². The molecule has 4 nitrogen and oxygen atoms in total. The molecule has 19 heavy (non-hydrogen) atoms. The van der Waals surface area contributed by atoms with Crippen LogP contribution in [0.15, 0.2) is 48.8 Å². The van der Waals surface area contributed by atoms with Crippen LogP contribution < -0.4 is 0 Å². The predicted molar refractivity (Wildman–Crippen MR) is 75.4 cm³/mol. The van der Waals surface area contributed by atoms with E-state index in [1.807, 2.05) is 0 Å². The van der Waals surface area contributed by atoms with E-state index < -0.39 is 0 Å². The highest BCUT2D eigenvalue weighted by Gasteiger charge is 2.08. The molecule has 2 aromatic carbocycles. The Balaban J connectivity index is 1.80. The Morgan fingerprint density at radius 3 is 2.89 bits per heavy atom. The van der Waals surface area contributed by atoms with E-state index in [0.29, 0.717) is 0 Å². The second-order valence-electron chi connectivity index (χ2n) is 4.37. The number of nitrogens with zero attached hydrogens (tertiary/aromatic N) is 4. The van der Waals surface area contributed by atoms with Gasteiger partial charge in [-0.2, -0.15) is 9.61 Å². The molecule has 0 spiro atoms. The molecule has 2 heterocycles. The fourth-order valence-corrected chi connectivity index (χ4v) is 3.12. The van der Waals surface area contributed by atoms with Crippen molar-refractivity contribution in [3.63, 3.8) is 0 Å². The molecule has 0 unspecified atom stereocenters. The summed E-state index contributed by atoms with van der Waals surface area (Å²) in [6, 6.07) is 14.8. The van der Waals surface area contributed by atoms with Crippen LogP contribution in [0.5, 0.6) is 0 Å². The Morgan fingerprint density at radius 2 is 1.95 bits per heavy atom. The molecule has 0 bridgehead atoms. The van der Waals surface area contributed by atoms with Gasteiger partial charge in [-0.15, -0.1) is 10.2 Å². The second kappa shape index (κ2) is 4.13. The molecule has 0 saturated carbocycles. The van der Waals surface area contributed by atoms with Crippen LogP contribution in [0.3, 0.4) is 0 Å². The molecule has 0 atom stereocenters. The maximum absolute atomic E-state index is 4.48. The fraction of sp³-hybridized carbons (Fsp3) is 0.0714. The van der Waals surface area contributed by atoms with E-state index in [2.05, 4.69) is 57.8 Å². The lowest BCUT2D eigenvalue weighted by Crippen LogP contribution is -1.91. The molecule has 0 amide bonds. The van der Waals surface area contributed by atoms with Gasteiger partial charge in [-0.1, -0.05) is 53.8 Å². The van der Waals surface area contributed by atoms with Crippen molar-refractivity contribution in [2.24, 2.45) is 0 Å². The Hall–Kier alpha value is -2.27. The van der Waals surface area contributed by atoms with Gasteiger partial charge in [0.1, 0.15) is 11.3 Å². The van der Waals surface area contributed by atoms with Crippen LogP contribution in [0.2, 0.25) is 0 Å². The minimum atomic E-state index is 0.829. The zero-order valence-electron chi connectivity index (χ0n) is 10.0. The zero-order valence-corrected chi connectivity index (χ0v) is 10.8. The van der Waals surface area contributed by atoms with Gasteiger partial charge in [0.15, 0.2) is 0 Å². The zero-order chi connectivity index (χ0) is 12.7. The molecule has 0 saturated heterocycles. The summed E-state index contributed by atoms with van der Waals surface area (Å²) in [5, 5.41) is 15.9. The van der Waals surface area contributed by atoms with Crippen molar-refractivity contribution in [3.05, 3.63) is 59.4 Å². The van der Waals surface area contributed by atoms with E-state index >= 15 is 0 Å². The standard InChI is InChI=1S/C14H10N4S/c1-2-7-12-10(4-1)5-3-6-11(12)8-13-17-18-9-15-16-14(18)19-13/h1-7,9H,8H2. The van der Waals surface area contributed by atoms with Gasteiger partial charge in [-0.25, -0.2) is 0 Å². The van der Waals surface area contributed by atoms with Crippen LogP contribution in [0.1, 0.15) is 10.6 Å². The Bertz CT molecular complexity index is 828. The van der Waals surface area contributed by atoms with Crippen LogP contribution in [0.25, 0.3) is 15.7 Å². The van der Waals surface area contributed by atoms with Crippen LogP contribution in [-0.4, -0.2) is 19.8 Å². The van der Waals surface area contributed by atoms with E-state index in [0.717, 1.165) is 16.4 Å². The summed E-state index contributed by atoms with van der Waals surface area (Å²) >= 11 is 1.59. The highest BCUT2D eigenvalue weighted by molar-refractivity contribution is 7.16. The van der Waals surface area contributed by atoms with Crippen molar-refractivity contribution in [1.82, 2.24) is 19.8 Å². The average molecular weight is 266 g/mol. The van der Waals surface area contributed by atoms with Crippen molar-refractivity contribution in [2.75, 3.05) is 0 Å². The molecule has 0 radical (unpaired) electrons. The summed E-state index contributed by atoms with van der Waals surface area (Å²) in [6.07, 6.45) is 2.47. The highest BCUT2D eigenvalue weighted by Crippen LogP contribution is 2.23. The molecule has 2 aromatic heterocycles. The highest BCUT2D eigenvalue weighted by atomic mass is 32.1. The van der Waals surface area contributed by atoms with Gasteiger partial charge in [0.2, 0.25) is 4.96 Å². The minimum Gasteiger partial charge on any atom is -0.190 e. The van der Waals surface area contributed by atoms with E-state index in [1.165, 1.54) is 16.3 Å². The van der Waals surface area contributed by atoms with E-state index in [9.17, 15) is 0 Å². The van der Waals surface area contributed by atoms with E-state index in [4.69, 9.17) is 0 Å². The van der Waals surface area contributed by atoms with Gasteiger partial charge in [-0.3, -0.25) is 0 Å². The molecule has 92 valence electrons. The predicted octanol–water partition coefficient (Wildman–Crippen LogP) is 2.93. The quantitative estimate of drug-likeness (QED) is 0.560. The summed E-state index contributed by atoms with van der Waals surface area (Å²) in [6.45, 7) is 0. The molecule has 0 N–H and O–H groups in total. The number of rotatable bonds is 2. The summed E-state index contributed by atoms with van der Waals surface area (Å²) in [5.41, 5.74) is 1.29. The third-order valence-electron chi connectivity index (χ3n) is 3.15. The smallest absolute Gasteiger partial charge is 0.190 e. The maximum Gasteiger partial charge on any atom is 0.234 e. The summed E-state index contributed by atoms with van der Waals surface area (Å²) in [5.74, 6) is 0. The Labute approximate surface area is 113 Å². The number of hydrogen-bond acceptors (Lipinski definition) is 4. The normalized spacial score (nSPS) is 11.4. The molecular formula is C14H10N4S. The summed E-state index contributed by atoms with van der Waals surface area (Å²) in [4.78, 5) is 0.843.